The number of ether oxygens (including phenoxy) is 1. The lowest BCUT2D eigenvalue weighted by Crippen LogP contribution is -2.59. The molecule has 6 nitrogen and oxygen atoms in total. The van der Waals surface area contributed by atoms with Gasteiger partial charge in [0.15, 0.2) is 0 Å². The lowest BCUT2D eigenvalue weighted by atomic mass is 10.0. The third-order valence-electron chi connectivity index (χ3n) is 4.48. The van der Waals surface area contributed by atoms with E-state index in [4.69, 9.17) is 4.74 Å². The highest BCUT2D eigenvalue weighted by Gasteiger charge is 2.47. The average molecular weight is 317 g/mol. The number of nitrogens with zero attached hydrogens (tertiary/aromatic N) is 1. The molecule has 2 aliphatic rings. The van der Waals surface area contributed by atoms with E-state index in [1.807, 2.05) is 19.1 Å². The second-order valence-electron chi connectivity index (χ2n) is 6.39. The Bertz CT molecular complexity index is 626. The zero-order valence-electron chi connectivity index (χ0n) is 13.6. The molecule has 1 atom stereocenters. The van der Waals surface area contributed by atoms with E-state index in [0.717, 1.165) is 25.2 Å². The van der Waals surface area contributed by atoms with Gasteiger partial charge in [-0.2, -0.15) is 0 Å². The van der Waals surface area contributed by atoms with Crippen molar-refractivity contribution in [3.8, 4) is 5.75 Å². The first-order valence-electron chi connectivity index (χ1n) is 8.11. The summed E-state index contributed by atoms with van der Waals surface area (Å²) in [4.78, 5) is 27.1. The van der Waals surface area contributed by atoms with Crippen molar-refractivity contribution in [1.29, 1.82) is 0 Å². The molecule has 0 bridgehead atoms. The summed E-state index contributed by atoms with van der Waals surface area (Å²) in [5, 5.41) is 5.59. The highest BCUT2D eigenvalue weighted by atomic mass is 16.5. The van der Waals surface area contributed by atoms with Crippen LogP contribution < -0.4 is 15.4 Å². The Hall–Kier alpha value is -2.08. The second kappa shape index (κ2) is 6.20. The van der Waals surface area contributed by atoms with Crippen LogP contribution in [0.1, 0.15) is 25.3 Å². The molecule has 1 saturated heterocycles. The lowest BCUT2D eigenvalue weighted by molar-refractivity contribution is -0.146. The Morgan fingerprint density at radius 1 is 1.39 bits per heavy atom. The number of anilines is 1. The van der Waals surface area contributed by atoms with Crippen molar-refractivity contribution in [2.24, 2.45) is 0 Å². The summed E-state index contributed by atoms with van der Waals surface area (Å²) in [6, 6.07) is 5.50. The van der Waals surface area contributed by atoms with Crippen LogP contribution in [-0.2, 0) is 9.59 Å². The van der Waals surface area contributed by atoms with Crippen molar-refractivity contribution in [3.63, 3.8) is 0 Å². The Morgan fingerprint density at radius 2 is 2.13 bits per heavy atom. The molecule has 0 unspecified atom stereocenters. The SMILES string of the molecule is Cc1ccc2c(c1)NC(=O)[C@@](C)(C(=O)NCCN1CCCC1)O2. The molecule has 23 heavy (non-hydrogen) atoms. The Labute approximate surface area is 136 Å². The Morgan fingerprint density at radius 3 is 2.87 bits per heavy atom. The number of carbonyl (C=O) groups is 2. The van der Waals surface area contributed by atoms with Gasteiger partial charge < -0.3 is 20.3 Å². The Kier molecular flexibility index (Phi) is 4.26. The van der Waals surface area contributed by atoms with Gasteiger partial charge in [-0.25, -0.2) is 0 Å². The van der Waals surface area contributed by atoms with Gasteiger partial charge in [0.05, 0.1) is 5.69 Å². The number of hydrogen-bond donors (Lipinski definition) is 2. The first-order valence-corrected chi connectivity index (χ1v) is 8.11. The maximum absolute atomic E-state index is 12.5. The zero-order chi connectivity index (χ0) is 16.4. The maximum Gasteiger partial charge on any atom is 0.278 e. The Balaban J connectivity index is 1.64. The van der Waals surface area contributed by atoms with Crippen molar-refractivity contribution in [3.05, 3.63) is 23.8 Å². The smallest absolute Gasteiger partial charge is 0.278 e. The number of benzene rings is 1. The van der Waals surface area contributed by atoms with Gasteiger partial charge in [0, 0.05) is 13.1 Å². The molecule has 124 valence electrons. The monoisotopic (exact) mass is 317 g/mol. The van der Waals surface area contributed by atoms with Crippen molar-refractivity contribution in [1.82, 2.24) is 10.2 Å². The summed E-state index contributed by atoms with van der Waals surface area (Å²) in [5.41, 5.74) is 0.0939. The molecule has 0 saturated carbocycles. The molecule has 6 heteroatoms. The number of rotatable bonds is 4. The van der Waals surface area contributed by atoms with Crippen LogP contribution in [0.3, 0.4) is 0 Å². The summed E-state index contributed by atoms with van der Waals surface area (Å²) in [6.45, 7) is 6.93. The van der Waals surface area contributed by atoms with Gasteiger partial charge >= 0.3 is 0 Å². The van der Waals surface area contributed by atoms with Crippen LogP contribution in [0.25, 0.3) is 0 Å². The summed E-state index contributed by atoms with van der Waals surface area (Å²) >= 11 is 0. The molecule has 0 aliphatic carbocycles. The molecule has 0 spiro atoms. The van der Waals surface area contributed by atoms with Crippen molar-refractivity contribution in [2.45, 2.75) is 32.3 Å². The minimum Gasteiger partial charge on any atom is -0.466 e. The van der Waals surface area contributed by atoms with Crippen molar-refractivity contribution in [2.75, 3.05) is 31.5 Å². The molecular formula is C17H23N3O3. The molecule has 2 aliphatic heterocycles. The highest BCUT2D eigenvalue weighted by Crippen LogP contribution is 2.34. The predicted molar refractivity (Wildman–Crippen MR) is 87.5 cm³/mol. The normalized spacial score (nSPS) is 23.8. The van der Waals surface area contributed by atoms with Gasteiger partial charge in [0.2, 0.25) is 0 Å². The molecule has 3 rings (SSSR count). The van der Waals surface area contributed by atoms with Crippen LogP contribution in [0.5, 0.6) is 5.75 Å². The summed E-state index contributed by atoms with van der Waals surface area (Å²) in [5.74, 6) is -0.318. The standard InChI is InChI=1S/C17H23N3O3/c1-12-5-6-14-13(11-12)19-16(22)17(2,23-14)15(21)18-7-10-20-8-3-4-9-20/h5-6,11H,3-4,7-10H2,1-2H3,(H,18,21)(H,19,22)/t17-/m1/s1. The number of carbonyl (C=O) groups excluding carboxylic acids is 2. The number of fused-ring (bicyclic) bond motifs is 1. The fraction of sp³-hybridized carbons (Fsp3) is 0.529. The van der Waals surface area contributed by atoms with E-state index in [-0.39, 0.29) is 0 Å². The van der Waals surface area contributed by atoms with Gasteiger partial charge in [-0.1, -0.05) is 6.07 Å². The average Bonchev–Trinajstić information content (AvgIpc) is 3.02. The van der Waals surface area contributed by atoms with Crippen LogP contribution in [0.15, 0.2) is 18.2 Å². The van der Waals surface area contributed by atoms with Crippen LogP contribution >= 0.6 is 0 Å². The first kappa shape index (κ1) is 15.8. The van der Waals surface area contributed by atoms with E-state index in [1.165, 1.54) is 19.8 Å². The molecule has 1 aromatic carbocycles. The van der Waals surface area contributed by atoms with E-state index < -0.39 is 17.4 Å². The maximum atomic E-state index is 12.5. The molecule has 2 amide bonds. The summed E-state index contributed by atoms with van der Waals surface area (Å²) in [7, 11) is 0. The summed E-state index contributed by atoms with van der Waals surface area (Å²) < 4.78 is 5.73. The van der Waals surface area contributed by atoms with Gasteiger partial charge in [-0.3, -0.25) is 9.59 Å². The van der Waals surface area contributed by atoms with Crippen LogP contribution in [0, 0.1) is 6.92 Å². The number of aryl methyl sites for hydroxylation is 1. The minimum atomic E-state index is -1.53. The molecular weight excluding hydrogens is 294 g/mol. The van der Waals surface area contributed by atoms with E-state index in [1.54, 1.807) is 6.07 Å². The van der Waals surface area contributed by atoms with E-state index in [0.29, 0.717) is 18.0 Å². The molecule has 1 fully saturated rings. The van der Waals surface area contributed by atoms with Crippen molar-refractivity contribution < 1.29 is 14.3 Å². The molecule has 2 N–H and O–H groups in total. The second-order valence-corrected chi connectivity index (χ2v) is 6.39. The van der Waals surface area contributed by atoms with Gasteiger partial charge in [-0.15, -0.1) is 0 Å². The number of nitrogens with one attached hydrogen (secondary N) is 2. The van der Waals surface area contributed by atoms with Crippen molar-refractivity contribution >= 4 is 17.5 Å². The number of hydrogen-bond acceptors (Lipinski definition) is 4. The molecule has 0 aromatic heterocycles. The van der Waals surface area contributed by atoms with Gasteiger partial charge in [0.25, 0.3) is 17.4 Å². The fourth-order valence-electron chi connectivity index (χ4n) is 2.99. The molecule has 0 radical (unpaired) electrons. The summed E-state index contributed by atoms with van der Waals surface area (Å²) in [6.07, 6.45) is 2.43. The molecule has 2 heterocycles. The van der Waals surface area contributed by atoms with Crippen LogP contribution in [0.2, 0.25) is 0 Å². The first-order chi connectivity index (χ1) is 11.0. The minimum absolute atomic E-state index is 0.402. The van der Waals surface area contributed by atoms with Gasteiger partial charge in [-0.05, 0) is 57.5 Å². The van der Waals surface area contributed by atoms with Gasteiger partial charge in [0.1, 0.15) is 5.75 Å². The van der Waals surface area contributed by atoms with E-state index in [9.17, 15) is 9.59 Å². The third kappa shape index (κ3) is 3.17. The largest absolute Gasteiger partial charge is 0.466 e. The quantitative estimate of drug-likeness (QED) is 0.821. The van der Waals surface area contributed by atoms with E-state index in [2.05, 4.69) is 15.5 Å². The lowest BCUT2D eigenvalue weighted by Gasteiger charge is -2.33. The van der Waals surface area contributed by atoms with Crippen LogP contribution in [-0.4, -0.2) is 48.5 Å². The zero-order valence-corrected chi connectivity index (χ0v) is 13.6. The topological polar surface area (TPSA) is 70.7 Å². The highest BCUT2D eigenvalue weighted by molar-refractivity contribution is 6.15. The number of amides is 2. The molecule has 1 aromatic rings. The van der Waals surface area contributed by atoms with E-state index >= 15 is 0 Å². The predicted octanol–water partition coefficient (Wildman–Crippen LogP) is 1.30. The van der Waals surface area contributed by atoms with Crippen LogP contribution in [0.4, 0.5) is 5.69 Å². The third-order valence-corrected chi connectivity index (χ3v) is 4.48. The number of likely N-dealkylation sites (tertiary alicyclic amines) is 1. The fourth-order valence-corrected chi connectivity index (χ4v) is 2.99.